The van der Waals surface area contributed by atoms with Crippen LogP contribution in [-0.4, -0.2) is 17.9 Å². The van der Waals surface area contributed by atoms with Crippen molar-refractivity contribution >= 4 is 15.9 Å². The van der Waals surface area contributed by atoms with Gasteiger partial charge >= 0.3 is 0 Å². The second-order valence-corrected chi connectivity index (χ2v) is 1.80. The zero-order valence-corrected chi connectivity index (χ0v) is 5.11. The highest BCUT2D eigenvalue weighted by Gasteiger charge is 1.90. The van der Waals surface area contributed by atoms with Crippen LogP contribution in [0.2, 0.25) is 0 Å². The zero-order valence-electron chi connectivity index (χ0n) is 3.52. The summed E-state index contributed by atoms with van der Waals surface area (Å²) in [7, 11) is 0. The highest BCUT2D eigenvalue weighted by molar-refractivity contribution is 9.09. The summed E-state index contributed by atoms with van der Waals surface area (Å²) < 4.78 is 0. The first-order chi connectivity index (χ1) is 2.81. The molecule has 38 valence electrons. The van der Waals surface area contributed by atoms with Crippen molar-refractivity contribution < 1.29 is 0 Å². The summed E-state index contributed by atoms with van der Waals surface area (Å²) >= 11 is 3.17. The van der Waals surface area contributed by atoms with Crippen LogP contribution in [0.3, 0.4) is 0 Å². The van der Waals surface area contributed by atoms with Crippen LogP contribution < -0.4 is 11.5 Å². The summed E-state index contributed by atoms with van der Waals surface area (Å²) in [5.74, 6) is 0. The minimum atomic E-state index is 0.130. The largest absolute Gasteiger partial charge is 0.329 e. The highest BCUT2D eigenvalue weighted by Crippen LogP contribution is 1.80. The topological polar surface area (TPSA) is 52.0 Å². The normalized spacial score (nSPS) is 14.5. The van der Waals surface area contributed by atoms with Gasteiger partial charge in [0.1, 0.15) is 0 Å². The Morgan fingerprint density at radius 1 is 1.67 bits per heavy atom. The molecule has 0 saturated heterocycles. The predicted octanol–water partition coefficient (Wildman–Crippen LogP) is -0.333. The molecule has 0 spiro atoms. The van der Waals surface area contributed by atoms with Gasteiger partial charge in [0.25, 0.3) is 0 Å². The third-order valence-corrected chi connectivity index (χ3v) is 1.33. The van der Waals surface area contributed by atoms with E-state index in [2.05, 4.69) is 15.9 Å². The average molecular weight is 153 g/mol. The number of hydrogen-bond donors (Lipinski definition) is 2. The molecule has 0 aromatic carbocycles. The van der Waals surface area contributed by atoms with E-state index in [1.54, 1.807) is 0 Å². The molecule has 2 nitrogen and oxygen atoms in total. The summed E-state index contributed by atoms with van der Waals surface area (Å²) in [5.41, 5.74) is 10.4. The van der Waals surface area contributed by atoms with Crippen LogP contribution in [-0.2, 0) is 0 Å². The van der Waals surface area contributed by atoms with Crippen LogP contribution in [0.1, 0.15) is 0 Å². The molecule has 0 heterocycles. The molecule has 0 aromatic heterocycles. The Kier molecular flexibility index (Phi) is 3.82. The lowest BCUT2D eigenvalue weighted by molar-refractivity contribution is 0.768. The highest BCUT2D eigenvalue weighted by atomic mass is 79.9. The summed E-state index contributed by atoms with van der Waals surface area (Å²) in [6.45, 7) is 0.561. The van der Waals surface area contributed by atoms with Crippen LogP contribution in [0.4, 0.5) is 0 Å². The van der Waals surface area contributed by atoms with Crippen molar-refractivity contribution in [1.82, 2.24) is 0 Å². The van der Waals surface area contributed by atoms with Crippen molar-refractivity contribution in [2.45, 2.75) is 6.04 Å². The maximum absolute atomic E-state index is 5.30. The first-order valence-electron chi connectivity index (χ1n) is 1.83. The van der Waals surface area contributed by atoms with Gasteiger partial charge in [0.2, 0.25) is 0 Å². The summed E-state index contributed by atoms with van der Waals surface area (Å²) in [6, 6.07) is 0.130. The van der Waals surface area contributed by atoms with E-state index in [9.17, 15) is 0 Å². The van der Waals surface area contributed by atoms with Gasteiger partial charge in [0.05, 0.1) is 0 Å². The van der Waals surface area contributed by atoms with Crippen LogP contribution >= 0.6 is 15.9 Å². The molecule has 0 aliphatic carbocycles. The molecule has 0 amide bonds. The second kappa shape index (κ2) is 3.59. The van der Waals surface area contributed by atoms with Gasteiger partial charge in [0, 0.05) is 17.9 Å². The molecule has 0 aromatic rings. The fourth-order valence-corrected chi connectivity index (χ4v) is 0.327. The lowest BCUT2D eigenvalue weighted by Crippen LogP contribution is -2.30. The maximum Gasteiger partial charge on any atom is 0.0261 e. The lowest BCUT2D eigenvalue weighted by atomic mass is 10.4. The van der Waals surface area contributed by atoms with E-state index in [0.717, 1.165) is 5.33 Å². The van der Waals surface area contributed by atoms with Gasteiger partial charge in [-0.1, -0.05) is 15.9 Å². The monoisotopic (exact) mass is 152 g/mol. The Morgan fingerprint density at radius 3 is 2.17 bits per heavy atom. The fraction of sp³-hybridized carbons (Fsp3) is 1.00. The molecule has 0 fully saturated rings. The minimum Gasteiger partial charge on any atom is -0.329 e. The van der Waals surface area contributed by atoms with E-state index in [1.807, 2.05) is 0 Å². The molecule has 0 aliphatic rings. The third kappa shape index (κ3) is 2.63. The van der Waals surface area contributed by atoms with Gasteiger partial charge in [0.15, 0.2) is 0 Å². The van der Waals surface area contributed by atoms with Crippen LogP contribution in [0.5, 0.6) is 0 Å². The van der Waals surface area contributed by atoms with Gasteiger partial charge < -0.3 is 11.5 Å². The summed E-state index contributed by atoms with van der Waals surface area (Å²) in [4.78, 5) is 0. The summed E-state index contributed by atoms with van der Waals surface area (Å²) in [6.07, 6.45) is 0. The fourth-order valence-electron chi connectivity index (χ4n) is 0.0630. The molecule has 0 aliphatic heterocycles. The molecule has 4 N–H and O–H groups in total. The van der Waals surface area contributed by atoms with Crippen molar-refractivity contribution in [2.75, 3.05) is 11.9 Å². The van der Waals surface area contributed by atoms with Crippen molar-refractivity contribution in [3.8, 4) is 0 Å². The maximum atomic E-state index is 5.30. The third-order valence-electron chi connectivity index (χ3n) is 0.501. The Hall–Kier alpha value is 0.400. The zero-order chi connectivity index (χ0) is 4.99. The van der Waals surface area contributed by atoms with Crippen molar-refractivity contribution in [1.29, 1.82) is 0 Å². The first kappa shape index (κ1) is 6.40. The number of halogens is 1. The number of hydrogen-bond acceptors (Lipinski definition) is 2. The molecule has 6 heavy (non-hydrogen) atoms. The first-order valence-corrected chi connectivity index (χ1v) is 2.95. The van der Waals surface area contributed by atoms with E-state index in [4.69, 9.17) is 11.5 Å². The standard InChI is InChI=1S/C3H9BrN2/c4-1-3(6)2-5/h3H,1-2,5-6H2. The van der Waals surface area contributed by atoms with E-state index in [1.165, 1.54) is 0 Å². The Bertz CT molecular complexity index is 28.0. The van der Waals surface area contributed by atoms with E-state index in [-0.39, 0.29) is 6.04 Å². The van der Waals surface area contributed by atoms with Gasteiger partial charge in [-0.3, -0.25) is 0 Å². The van der Waals surface area contributed by atoms with E-state index < -0.39 is 0 Å². The molecule has 0 radical (unpaired) electrons. The van der Waals surface area contributed by atoms with E-state index in [0.29, 0.717) is 6.54 Å². The molecule has 1 unspecified atom stereocenters. The van der Waals surface area contributed by atoms with Gasteiger partial charge in [-0.25, -0.2) is 0 Å². The molecule has 1 atom stereocenters. The molecule has 0 bridgehead atoms. The van der Waals surface area contributed by atoms with Crippen molar-refractivity contribution in [3.05, 3.63) is 0 Å². The van der Waals surface area contributed by atoms with Gasteiger partial charge in [-0.2, -0.15) is 0 Å². The Morgan fingerprint density at radius 2 is 2.17 bits per heavy atom. The predicted molar refractivity (Wildman–Crippen MR) is 30.8 cm³/mol. The number of rotatable bonds is 2. The van der Waals surface area contributed by atoms with Crippen LogP contribution in [0.25, 0.3) is 0 Å². The lowest BCUT2D eigenvalue weighted by Gasteiger charge is -1.98. The van der Waals surface area contributed by atoms with Crippen molar-refractivity contribution in [2.24, 2.45) is 11.5 Å². The van der Waals surface area contributed by atoms with Gasteiger partial charge in [-0.15, -0.1) is 0 Å². The van der Waals surface area contributed by atoms with Crippen LogP contribution in [0, 0.1) is 0 Å². The molecular weight excluding hydrogens is 144 g/mol. The number of nitrogens with two attached hydrogens (primary N) is 2. The van der Waals surface area contributed by atoms with Gasteiger partial charge in [-0.05, 0) is 0 Å². The Balaban J connectivity index is 2.75. The summed E-state index contributed by atoms with van der Waals surface area (Å²) in [5, 5.41) is 0.795. The Labute approximate surface area is 46.0 Å². The quantitative estimate of drug-likeness (QED) is 0.533. The molecular formula is C3H9BrN2. The minimum absolute atomic E-state index is 0.130. The molecule has 3 heteroatoms. The van der Waals surface area contributed by atoms with Crippen LogP contribution in [0.15, 0.2) is 0 Å². The van der Waals surface area contributed by atoms with E-state index >= 15 is 0 Å². The van der Waals surface area contributed by atoms with Crippen molar-refractivity contribution in [3.63, 3.8) is 0 Å². The number of alkyl halides is 1. The smallest absolute Gasteiger partial charge is 0.0261 e. The molecule has 0 saturated carbocycles. The SMILES string of the molecule is NCC(N)CBr. The molecule has 0 rings (SSSR count). The second-order valence-electron chi connectivity index (χ2n) is 1.15. The average Bonchev–Trinajstić information content (AvgIpc) is 1.65.